The quantitative estimate of drug-likeness (QED) is 0.389. The highest BCUT2D eigenvalue weighted by Crippen LogP contribution is 2.36. The van der Waals surface area contributed by atoms with E-state index < -0.39 is 0 Å². The summed E-state index contributed by atoms with van der Waals surface area (Å²) in [4.78, 5) is 11.8. The maximum Gasteiger partial charge on any atom is 0.139 e. The summed E-state index contributed by atoms with van der Waals surface area (Å²) in [5.74, 6) is 2.47. The number of aromatic amines is 2. The minimum Gasteiger partial charge on any atom is -0.497 e. The van der Waals surface area contributed by atoms with Gasteiger partial charge in [-0.05, 0) is 60.7 Å². The van der Waals surface area contributed by atoms with Crippen molar-refractivity contribution in [3.8, 4) is 45.4 Å². The van der Waals surface area contributed by atoms with Gasteiger partial charge in [0, 0.05) is 33.8 Å². The summed E-state index contributed by atoms with van der Waals surface area (Å²) >= 11 is 0. The molecule has 0 aliphatic heterocycles. The van der Waals surface area contributed by atoms with Crippen LogP contribution in [0.2, 0.25) is 0 Å². The summed E-state index contributed by atoms with van der Waals surface area (Å²) in [5, 5.41) is 1.13. The Hall–Kier alpha value is -3.99. The van der Waals surface area contributed by atoms with Crippen LogP contribution in [0.1, 0.15) is 0 Å². The average molecular weight is 395 g/mol. The number of H-pyrrole nitrogens is 2. The molecule has 0 spiro atoms. The van der Waals surface area contributed by atoms with Crippen molar-refractivity contribution in [3.05, 3.63) is 79.0 Å². The summed E-state index contributed by atoms with van der Waals surface area (Å²) in [5.41, 5.74) is 6.06. The van der Waals surface area contributed by atoms with Gasteiger partial charge in [-0.2, -0.15) is 0 Å². The van der Waals surface area contributed by atoms with Crippen molar-refractivity contribution in [3.63, 3.8) is 0 Å². The number of methoxy groups -OCH3 is 2. The van der Waals surface area contributed by atoms with E-state index in [1.54, 1.807) is 14.2 Å². The second kappa shape index (κ2) is 7.44. The fourth-order valence-electron chi connectivity index (χ4n) is 3.72. The van der Waals surface area contributed by atoms with Gasteiger partial charge in [0.25, 0.3) is 0 Å². The van der Waals surface area contributed by atoms with E-state index >= 15 is 0 Å². The Morgan fingerprint density at radius 1 is 0.733 bits per heavy atom. The van der Waals surface area contributed by atoms with Crippen LogP contribution in [0.3, 0.4) is 0 Å². The number of hydrogen-bond acceptors (Lipinski definition) is 3. The van der Waals surface area contributed by atoms with Crippen LogP contribution >= 0.6 is 0 Å². The Labute approximate surface area is 174 Å². The van der Waals surface area contributed by atoms with Gasteiger partial charge in [0.1, 0.15) is 17.3 Å². The number of rotatable bonds is 5. The summed E-state index contributed by atoms with van der Waals surface area (Å²) in [6, 6.07) is 24.2. The molecule has 0 aliphatic rings. The monoisotopic (exact) mass is 395 g/mol. The van der Waals surface area contributed by atoms with E-state index in [1.807, 2.05) is 60.8 Å². The van der Waals surface area contributed by atoms with Crippen LogP contribution < -0.4 is 9.47 Å². The van der Waals surface area contributed by atoms with Gasteiger partial charge in [-0.3, -0.25) is 0 Å². The molecule has 30 heavy (non-hydrogen) atoms. The van der Waals surface area contributed by atoms with Gasteiger partial charge in [-0.25, -0.2) is 4.98 Å². The van der Waals surface area contributed by atoms with E-state index in [0.717, 1.165) is 56.3 Å². The van der Waals surface area contributed by atoms with Crippen LogP contribution in [0.5, 0.6) is 11.5 Å². The first kappa shape index (κ1) is 18.1. The second-order valence-corrected chi connectivity index (χ2v) is 7.01. The van der Waals surface area contributed by atoms with Crippen molar-refractivity contribution in [2.45, 2.75) is 0 Å². The summed E-state index contributed by atoms with van der Waals surface area (Å²) < 4.78 is 10.6. The first-order chi connectivity index (χ1) is 14.8. The molecule has 2 heterocycles. The molecule has 148 valence electrons. The van der Waals surface area contributed by atoms with E-state index in [-0.39, 0.29) is 0 Å². The minimum absolute atomic E-state index is 0.817. The minimum atomic E-state index is 0.817. The zero-order valence-corrected chi connectivity index (χ0v) is 16.8. The largest absolute Gasteiger partial charge is 0.497 e. The number of hydrogen-bond donors (Lipinski definition) is 2. The van der Waals surface area contributed by atoms with Gasteiger partial charge in [-0.15, -0.1) is 0 Å². The lowest BCUT2D eigenvalue weighted by Crippen LogP contribution is -1.87. The summed E-state index contributed by atoms with van der Waals surface area (Å²) in [7, 11) is 3.34. The molecule has 0 saturated carbocycles. The molecular weight excluding hydrogens is 374 g/mol. The highest BCUT2D eigenvalue weighted by Gasteiger charge is 2.17. The smallest absolute Gasteiger partial charge is 0.139 e. The predicted molar refractivity (Wildman–Crippen MR) is 120 cm³/mol. The lowest BCUT2D eigenvalue weighted by atomic mass is 10.0. The fraction of sp³-hybridized carbons (Fsp3) is 0.0800. The second-order valence-electron chi connectivity index (χ2n) is 7.01. The van der Waals surface area contributed by atoms with Crippen LogP contribution in [0.15, 0.2) is 79.0 Å². The topological polar surface area (TPSA) is 62.9 Å². The van der Waals surface area contributed by atoms with E-state index in [9.17, 15) is 0 Å². The molecule has 0 atom stereocenters. The van der Waals surface area contributed by atoms with Crippen LogP contribution in [0.4, 0.5) is 0 Å². The standard InChI is InChI=1S/C25H21N3O2/c1-29-18-10-6-16(7-11-18)23-24(17-8-12-19(30-2)13-9-17)28-25(27-23)21-4-3-5-22-20(21)14-15-26-22/h3-15,26H,1-2H3,(H,27,28). The number of aromatic nitrogens is 3. The van der Waals surface area contributed by atoms with Crippen molar-refractivity contribution >= 4 is 10.9 Å². The number of benzene rings is 3. The van der Waals surface area contributed by atoms with Crippen molar-refractivity contribution in [1.29, 1.82) is 0 Å². The predicted octanol–water partition coefficient (Wildman–Crippen LogP) is 5.91. The molecule has 0 amide bonds. The normalized spacial score (nSPS) is 11.0. The number of ether oxygens (including phenoxy) is 2. The molecule has 5 aromatic rings. The summed E-state index contributed by atoms with van der Waals surface area (Å²) in [6.07, 6.45) is 1.95. The average Bonchev–Trinajstić information content (AvgIpc) is 3.46. The molecule has 5 nitrogen and oxygen atoms in total. The van der Waals surface area contributed by atoms with Gasteiger partial charge < -0.3 is 19.4 Å². The van der Waals surface area contributed by atoms with Crippen LogP contribution in [0.25, 0.3) is 44.8 Å². The Morgan fingerprint density at radius 2 is 1.40 bits per heavy atom. The SMILES string of the molecule is COc1ccc(-c2nc(-c3cccc4[nH]ccc34)[nH]c2-c2ccc(OC)cc2)cc1. The Bertz CT molecular complexity index is 1230. The maximum atomic E-state index is 5.32. The third kappa shape index (κ3) is 3.10. The zero-order valence-electron chi connectivity index (χ0n) is 16.8. The van der Waals surface area contributed by atoms with Gasteiger partial charge in [0.2, 0.25) is 0 Å². The molecule has 2 N–H and O–H groups in total. The molecule has 0 bridgehead atoms. The molecule has 5 rings (SSSR count). The molecule has 0 saturated heterocycles. The third-order valence-electron chi connectivity index (χ3n) is 5.30. The number of nitrogens with zero attached hydrogens (tertiary/aromatic N) is 1. The third-order valence-corrected chi connectivity index (χ3v) is 5.30. The van der Waals surface area contributed by atoms with E-state index in [0.29, 0.717) is 0 Å². The molecule has 0 aliphatic carbocycles. The number of fused-ring (bicyclic) bond motifs is 1. The van der Waals surface area contributed by atoms with Gasteiger partial charge >= 0.3 is 0 Å². The molecule has 2 aromatic heterocycles. The lowest BCUT2D eigenvalue weighted by molar-refractivity contribution is 0.414. The van der Waals surface area contributed by atoms with Crippen molar-refractivity contribution < 1.29 is 9.47 Å². The molecule has 0 radical (unpaired) electrons. The van der Waals surface area contributed by atoms with Crippen LogP contribution in [-0.2, 0) is 0 Å². The zero-order chi connectivity index (χ0) is 20.5. The summed E-state index contributed by atoms with van der Waals surface area (Å²) in [6.45, 7) is 0. The van der Waals surface area contributed by atoms with Crippen molar-refractivity contribution in [2.24, 2.45) is 0 Å². The highest BCUT2D eigenvalue weighted by atomic mass is 16.5. The Morgan fingerprint density at radius 3 is 2.07 bits per heavy atom. The van der Waals surface area contributed by atoms with Crippen molar-refractivity contribution in [2.75, 3.05) is 14.2 Å². The number of imidazole rings is 1. The molecular formula is C25H21N3O2. The Kier molecular flexibility index (Phi) is 4.48. The molecule has 5 heteroatoms. The number of nitrogens with one attached hydrogen (secondary N) is 2. The highest BCUT2D eigenvalue weighted by molar-refractivity contribution is 5.94. The first-order valence-electron chi connectivity index (χ1n) is 9.72. The lowest BCUT2D eigenvalue weighted by Gasteiger charge is -2.06. The molecule has 3 aromatic carbocycles. The van der Waals surface area contributed by atoms with Crippen LogP contribution in [0, 0.1) is 0 Å². The van der Waals surface area contributed by atoms with Crippen LogP contribution in [-0.4, -0.2) is 29.2 Å². The van der Waals surface area contributed by atoms with E-state index in [1.165, 1.54) is 0 Å². The molecule has 0 fully saturated rings. The maximum absolute atomic E-state index is 5.32. The Balaban J connectivity index is 1.69. The van der Waals surface area contributed by atoms with Gasteiger partial charge in [-0.1, -0.05) is 12.1 Å². The van der Waals surface area contributed by atoms with Crippen molar-refractivity contribution in [1.82, 2.24) is 15.0 Å². The molecule has 0 unspecified atom stereocenters. The van der Waals surface area contributed by atoms with E-state index in [4.69, 9.17) is 14.5 Å². The first-order valence-corrected chi connectivity index (χ1v) is 9.72. The van der Waals surface area contributed by atoms with E-state index in [2.05, 4.69) is 28.2 Å². The van der Waals surface area contributed by atoms with Gasteiger partial charge in [0.05, 0.1) is 25.6 Å². The fourth-order valence-corrected chi connectivity index (χ4v) is 3.72. The van der Waals surface area contributed by atoms with Gasteiger partial charge in [0.15, 0.2) is 0 Å².